The monoisotopic (exact) mass is 370 g/mol. The molecule has 1 fully saturated rings. The van der Waals surface area contributed by atoms with E-state index in [4.69, 9.17) is 11.6 Å². The number of alkyl halides is 3. The average Bonchev–Trinajstić information content (AvgIpc) is 2.33. The number of benzene rings is 1. The minimum absolute atomic E-state index is 0.438. The van der Waals surface area contributed by atoms with Crippen LogP contribution in [-0.4, -0.2) is 48.7 Å². The molecule has 1 aromatic carbocycles. The van der Waals surface area contributed by atoms with Gasteiger partial charge in [-0.05, 0) is 17.7 Å². The molecule has 0 aromatic heterocycles. The van der Waals surface area contributed by atoms with Gasteiger partial charge >= 0.3 is 6.18 Å². The fraction of sp³-hybridized carbons (Fsp3) is 0.538. The van der Waals surface area contributed by atoms with Crippen LogP contribution in [-0.2, 0) is 6.54 Å². The Labute approximate surface area is 129 Å². The molecule has 0 bridgehead atoms. The zero-order valence-electron chi connectivity index (χ0n) is 10.8. The molecular formula is C13H15BrClF3N2. The van der Waals surface area contributed by atoms with E-state index in [2.05, 4.69) is 20.8 Å². The predicted octanol–water partition coefficient (Wildman–Crippen LogP) is 3.78. The summed E-state index contributed by atoms with van der Waals surface area (Å²) in [6, 6.07) is 5.69. The van der Waals surface area contributed by atoms with E-state index in [1.54, 1.807) is 0 Å². The molecule has 112 valence electrons. The Morgan fingerprint density at radius 3 is 2.25 bits per heavy atom. The van der Waals surface area contributed by atoms with Crippen molar-refractivity contribution in [2.24, 2.45) is 0 Å². The van der Waals surface area contributed by atoms with Gasteiger partial charge in [0.1, 0.15) is 0 Å². The van der Waals surface area contributed by atoms with Gasteiger partial charge in [-0.3, -0.25) is 9.80 Å². The minimum Gasteiger partial charge on any atom is -0.296 e. The molecule has 0 radical (unpaired) electrons. The average molecular weight is 372 g/mol. The first-order valence-electron chi connectivity index (χ1n) is 6.29. The lowest BCUT2D eigenvalue weighted by Gasteiger charge is -2.35. The van der Waals surface area contributed by atoms with E-state index in [0.29, 0.717) is 37.7 Å². The molecule has 7 heteroatoms. The molecule has 0 N–H and O–H groups in total. The van der Waals surface area contributed by atoms with Gasteiger partial charge in [-0.15, -0.1) is 0 Å². The summed E-state index contributed by atoms with van der Waals surface area (Å²) in [7, 11) is 0. The van der Waals surface area contributed by atoms with Crippen molar-refractivity contribution in [2.45, 2.75) is 12.7 Å². The Hall–Kier alpha value is -0.300. The Kier molecular flexibility index (Phi) is 5.34. The summed E-state index contributed by atoms with van der Waals surface area (Å²) in [6.45, 7) is 1.98. The largest absolute Gasteiger partial charge is 0.401 e. The molecule has 0 atom stereocenters. The van der Waals surface area contributed by atoms with Crippen LogP contribution in [0.25, 0.3) is 0 Å². The minimum atomic E-state index is -4.11. The molecule has 2 rings (SSSR count). The summed E-state index contributed by atoms with van der Waals surface area (Å²) >= 11 is 9.49. The third-order valence-electron chi connectivity index (χ3n) is 3.28. The third-order valence-corrected chi connectivity index (χ3v) is 4.12. The topological polar surface area (TPSA) is 6.48 Å². The summed E-state index contributed by atoms with van der Waals surface area (Å²) < 4.78 is 37.8. The second kappa shape index (κ2) is 6.64. The number of piperazine rings is 1. The molecule has 1 aromatic rings. The van der Waals surface area contributed by atoms with E-state index in [0.717, 1.165) is 10.0 Å². The van der Waals surface area contributed by atoms with Crippen LogP contribution in [0, 0.1) is 0 Å². The first-order valence-corrected chi connectivity index (χ1v) is 7.46. The molecule has 0 aliphatic carbocycles. The van der Waals surface area contributed by atoms with E-state index < -0.39 is 12.7 Å². The SMILES string of the molecule is FC(F)(F)CN1CCN(Cc2ccc(Br)cc2Cl)CC1. The van der Waals surface area contributed by atoms with Gasteiger partial charge in [0.15, 0.2) is 0 Å². The lowest BCUT2D eigenvalue weighted by Crippen LogP contribution is -2.48. The second-order valence-corrected chi connectivity index (χ2v) is 6.23. The predicted molar refractivity (Wildman–Crippen MR) is 76.9 cm³/mol. The first-order chi connectivity index (χ1) is 9.33. The summed E-state index contributed by atoms with van der Waals surface area (Å²) in [4.78, 5) is 3.57. The summed E-state index contributed by atoms with van der Waals surface area (Å²) in [5.41, 5.74) is 0.999. The molecule has 0 unspecified atom stereocenters. The molecular weight excluding hydrogens is 357 g/mol. The fourth-order valence-corrected chi connectivity index (χ4v) is 2.98. The number of hydrogen-bond acceptors (Lipinski definition) is 2. The molecule has 1 aliphatic rings. The van der Waals surface area contributed by atoms with Gasteiger partial charge in [-0.2, -0.15) is 13.2 Å². The lowest BCUT2D eigenvalue weighted by atomic mass is 10.2. The van der Waals surface area contributed by atoms with Gasteiger partial charge in [-0.25, -0.2) is 0 Å². The van der Waals surface area contributed by atoms with E-state index in [1.807, 2.05) is 18.2 Å². The zero-order chi connectivity index (χ0) is 14.8. The van der Waals surface area contributed by atoms with Crippen LogP contribution in [0.3, 0.4) is 0 Å². The van der Waals surface area contributed by atoms with Crippen LogP contribution in [0.1, 0.15) is 5.56 Å². The normalized spacial score (nSPS) is 18.4. The maximum atomic E-state index is 12.3. The van der Waals surface area contributed by atoms with Crippen LogP contribution in [0.4, 0.5) is 13.2 Å². The van der Waals surface area contributed by atoms with Gasteiger partial charge in [0.25, 0.3) is 0 Å². The van der Waals surface area contributed by atoms with E-state index >= 15 is 0 Å². The highest BCUT2D eigenvalue weighted by atomic mass is 79.9. The zero-order valence-corrected chi connectivity index (χ0v) is 13.1. The quantitative estimate of drug-likeness (QED) is 0.798. The number of halogens is 5. The molecule has 1 heterocycles. The van der Waals surface area contributed by atoms with Crippen molar-refractivity contribution in [2.75, 3.05) is 32.7 Å². The van der Waals surface area contributed by atoms with E-state index in [9.17, 15) is 13.2 Å². The van der Waals surface area contributed by atoms with Gasteiger partial charge in [0.2, 0.25) is 0 Å². The Morgan fingerprint density at radius 1 is 1.10 bits per heavy atom. The molecule has 0 saturated carbocycles. The van der Waals surface area contributed by atoms with Gasteiger partial charge in [0, 0.05) is 42.2 Å². The molecule has 1 aliphatic heterocycles. The highest BCUT2D eigenvalue weighted by molar-refractivity contribution is 9.10. The third kappa shape index (κ3) is 4.91. The Morgan fingerprint density at radius 2 is 1.70 bits per heavy atom. The van der Waals surface area contributed by atoms with Crippen molar-refractivity contribution >= 4 is 27.5 Å². The standard InChI is InChI=1S/C13H15BrClF3N2/c14-11-2-1-10(12(15)7-11)8-19-3-5-20(6-4-19)9-13(16,17)18/h1-2,7H,3-6,8-9H2. The van der Waals surface area contributed by atoms with E-state index in [-0.39, 0.29) is 0 Å². The highest BCUT2D eigenvalue weighted by Gasteiger charge is 2.32. The highest BCUT2D eigenvalue weighted by Crippen LogP contribution is 2.23. The molecule has 2 nitrogen and oxygen atoms in total. The number of nitrogens with zero attached hydrogens (tertiary/aromatic N) is 2. The van der Waals surface area contributed by atoms with Crippen LogP contribution >= 0.6 is 27.5 Å². The van der Waals surface area contributed by atoms with Crippen molar-refractivity contribution in [3.8, 4) is 0 Å². The number of hydrogen-bond donors (Lipinski definition) is 0. The Balaban J connectivity index is 1.85. The van der Waals surface area contributed by atoms with Crippen molar-refractivity contribution in [1.29, 1.82) is 0 Å². The van der Waals surface area contributed by atoms with Crippen LogP contribution in [0.15, 0.2) is 22.7 Å². The van der Waals surface area contributed by atoms with Gasteiger partial charge in [0.05, 0.1) is 6.54 Å². The van der Waals surface area contributed by atoms with Crippen molar-refractivity contribution < 1.29 is 13.2 Å². The van der Waals surface area contributed by atoms with Crippen LogP contribution < -0.4 is 0 Å². The maximum absolute atomic E-state index is 12.3. The maximum Gasteiger partial charge on any atom is 0.401 e. The first kappa shape index (κ1) is 16.1. The molecule has 0 spiro atoms. The Bertz CT molecular complexity index is 459. The fourth-order valence-electron chi connectivity index (χ4n) is 2.25. The summed E-state index contributed by atoms with van der Waals surface area (Å²) in [6.07, 6.45) is -4.11. The second-order valence-electron chi connectivity index (χ2n) is 4.90. The summed E-state index contributed by atoms with van der Waals surface area (Å²) in [5.74, 6) is 0. The van der Waals surface area contributed by atoms with Gasteiger partial charge < -0.3 is 0 Å². The number of rotatable bonds is 3. The van der Waals surface area contributed by atoms with Crippen LogP contribution in [0.2, 0.25) is 5.02 Å². The summed E-state index contributed by atoms with van der Waals surface area (Å²) in [5, 5.41) is 0.678. The van der Waals surface area contributed by atoms with Gasteiger partial charge in [-0.1, -0.05) is 33.6 Å². The lowest BCUT2D eigenvalue weighted by molar-refractivity contribution is -0.149. The smallest absolute Gasteiger partial charge is 0.296 e. The van der Waals surface area contributed by atoms with Crippen molar-refractivity contribution in [1.82, 2.24) is 9.80 Å². The van der Waals surface area contributed by atoms with Crippen LogP contribution in [0.5, 0.6) is 0 Å². The molecule has 1 saturated heterocycles. The van der Waals surface area contributed by atoms with Crippen molar-refractivity contribution in [3.05, 3.63) is 33.3 Å². The van der Waals surface area contributed by atoms with E-state index in [1.165, 1.54) is 4.90 Å². The molecule has 0 amide bonds. The van der Waals surface area contributed by atoms with Crippen molar-refractivity contribution in [3.63, 3.8) is 0 Å². The molecule has 20 heavy (non-hydrogen) atoms.